The van der Waals surface area contributed by atoms with Crippen LogP contribution in [0.15, 0.2) is 36.7 Å². The van der Waals surface area contributed by atoms with E-state index in [9.17, 15) is 4.39 Å². The van der Waals surface area contributed by atoms with E-state index in [-0.39, 0.29) is 5.82 Å². The van der Waals surface area contributed by atoms with Crippen molar-refractivity contribution >= 4 is 5.69 Å². The molecular weight excluding hydrogens is 303 g/mol. The highest BCUT2D eigenvalue weighted by atomic mass is 19.1. The van der Waals surface area contributed by atoms with Crippen molar-refractivity contribution in [3.63, 3.8) is 0 Å². The number of hydrogen-bond acceptors (Lipinski definition) is 3. The summed E-state index contributed by atoms with van der Waals surface area (Å²) in [5, 5.41) is 3.84. The summed E-state index contributed by atoms with van der Waals surface area (Å²) in [5.74, 6) is 1.75. The molecule has 24 heavy (non-hydrogen) atoms. The molecule has 2 fully saturated rings. The van der Waals surface area contributed by atoms with Gasteiger partial charge in [0.1, 0.15) is 11.6 Å². The van der Waals surface area contributed by atoms with Crippen molar-refractivity contribution in [2.24, 2.45) is 13.0 Å². The number of nitrogens with zero attached hydrogens (tertiary/aromatic N) is 3. The van der Waals surface area contributed by atoms with Crippen LogP contribution in [0.3, 0.4) is 0 Å². The second kappa shape index (κ2) is 6.55. The van der Waals surface area contributed by atoms with Crippen molar-refractivity contribution in [2.45, 2.75) is 37.8 Å². The van der Waals surface area contributed by atoms with E-state index in [1.165, 1.54) is 12.8 Å². The molecule has 1 saturated heterocycles. The molecule has 0 radical (unpaired) electrons. The summed E-state index contributed by atoms with van der Waals surface area (Å²) in [5.41, 5.74) is 0.735. The minimum absolute atomic E-state index is 0.118. The molecule has 5 heteroatoms. The van der Waals surface area contributed by atoms with Crippen molar-refractivity contribution in [1.82, 2.24) is 14.9 Å². The van der Waals surface area contributed by atoms with Crippen molar-refractivity contribution in [3.05, 3.63) is 48.3 Å². The van der Waals surface area contributed by atoms with E-state index in [0.717, 1.165) is 43.4 Å². The molecule has 1 aromatic heterocycles. The Morgan fingerprint density at radius 3 is 2.54 bits per heavy atom. The lowest BCUT2D eigenvalue weighted by Crippen LogP contribution is -2.44. The number of anilines is 1. The van der Waals surface area contributed by atoms with Crippen molar-refractivity contribution in [2.75, 3.05) is 18.0 Å². The molecule has 4 nitrogen and oxygen atoms in total. The summed E-state index contributed by atoms with van der Waals surface area (Å²) in [6.45, 7) is 1.80. The third-order valence-corrected chi connectivity index (χ3v) is 5.33. The van der Waals surface area contributed by atoms with Crippen LogP contribution in [0, 0.1) is 11.7 Å². The van der Waals surface area contributed by atoms with E-state index in [1.54, 1.807) is 12.1 Å². The molecule has 1 aromatic carbocycles. The van der Waals surface area contributed by atoms with Crippen LogP contribution in [0.1, 0.15) is 37.5 Å². The summed E-state index contributed by atoms with van der Waals surface area (Å²) in [6, 6.07) is 7.92. The number of piperidine rings is 1. The fourth-order valence-electron chi connectivity index (χ4n) is 3.78. The van der Waals surface area contributed by atoms with Gasteiger partial charge in [-0.25, -0.2) is 9.37 Å². The van der Waals surface area contributed by atoms with Crippen molar-refractivity contribution in [3.8, 4) is 0 Å². The first-order valence-electron chi connectivity index (χ1n) is 8.95. The standard InChI is InChI=1S/C19H25FN4/c1-23-13-10-21-19(23)18(14-6-7-14)22-15-8-11-24(12-9-15)17-5-3-2-4-16(17)20/h2-5,10,13-15,18,22H,6-9,11-12H2,1H3/t18-/m0/s1. The van der Waals surface area contributed by atoms with Gasteiger partial charge < -0.3 is 14.8 Å². The lowest BCUT2D eigenvalue weighted by atomic mass is 10.0. The molecule has 2 aliphatic rings. The molecule has 0 spiro atoms. The first-order chi connectivity index (χ1) is 11.7. The van der Waals surface area contributed by atoms with Crippen LogP contribution in [0.5, 0.6) is 0 Å². The minimum atomic E-state index is -0.118. The summed E-state index contributed by atoms with van der Waals surface area (Å²) in [4.78, 5) is 6.72. The monoisotopic (exact) mass is 328 g/mol. The fraction of sp³-hybridized carbons (Fsp3) is 0.526. The summed E-state index contributed by atoms with van der Waals surface area (Å²) in [7, 11) is 2.07. The van der Waals surface area contributed by atoms with Crippen molar-refractivity contribution in [1.29, 1.82) is 0 Å². The molecule has 1 aliphatic heterocycles. The Hall–Kier alpha value is -1.88. The Bertz CT molecular complexity index is 686. The van der Waals surface area contributed by atoms with Gasteiger partial charge >= 0.3 is 0 Å². The normalized spacial score (nSPS) is 20.3. The molecule has 0 bridgehead atoms. The number of aryl methyl sites for hydroxylation is 1. The maximum Gasteiger partial charge on any atom is 0.146 e. The Morgan fingerprint density at radius 2 is 1.92 bits per heavy atom. The zero-order valence-electron chi connectivity index (χ0n) is 14.2. The predicted molar refractivity (Wildman–Crippen MR) is 93.4 cm³/mol. The maximum absolute atomic E-state index is 14.0. The zero-order valence-corrected chi connectivity index (χ0v) is 14.2. The van der Waals surface area contributed by atoms with Gasteiger partial charge in [-0.05, 0) is 43.7 Å². The Morgan fingerprint density at radius 1 is 1.17 bits per heavy atom. The Kier molecular flexibility index (Phi) is 4.27. The number of para-hydroxylation sites is 1. The van der Waals surface area contributed by atoms with Gasteiger partial charge in [-0.1, -0.05) is 12.1 Å². The van der Waals surface area contributed by atoms with Gasteiger partial charge in [0, 0.05) is 38.6 Å². The van der Waals surface area contributed by atoms with Gasteiger partial charge in [-0.3, -0.25) is 0 Å². The predicted octanol–water partition coefficient (Wildman–Crippen LogP) is 3.27. The number of rotatable bonds is 5. The van der Waals surface area contributed by atoms with Gasteiger partial charge in [-0.2, -0.15) is 0 Å². The lowest BCUT2D eigenvalue weighted by molar-refractivity contribution is 0.336. The summed E-state index contributed by atoms with van der Waals surface area (Å²) >= 11 is 0. The third-order valence-electron chi connectivity index (χ3n) is 5.33. The van der Waals surface area contributed by atoms with E-state index in [0.29, 0.717) is 12.1 Å². The molecule has 1 saturated carbocycles. The smallest absolute Gasteiger partial charge is 0.146 e. The number of aromatic nitrogens is 2. The topological polar surface area (TPSA) is 33.1 Å². The van der Waals surface area contributed by atoms with Crippen LogP contribution in [0.2, 0.25) is 0 Å². The Labute approximate surface area is 142 Å². The largest absolute Gasteiger partial charge is 0.369 e. The van der Waals surface area contributed by atoms with Crippen LogP contribution in [-0.2, 0) is 7.05 Å². The zero-order chi connectivity index (χ0) is 16.5. The molecule has 4 rings (SSSR count). The van der Waals surface area contributed by atoms with Crippen molar-refractivity contribution < 1.29 is 4.39 Å². The first-order valence-corrected chi connectivity index (χ1v) is 8.95. The number of nitrogens with one attached hydrogen (secondary N) is 1. The van der Waals surface area contributed by atoms with E-state index >= 15 is 0 Å². The fourth-order valence-corrected chi connectivity index (χ4v) is 3.78. The molecule has 1 aliphatic carbocycles. The molecule has 1 atom stereocenters. The molecule has 0 amide bonds. The lowest BCUT2D eigenvalue weighted by Gasteiger charge is -2.36. The van der Waals surface area contributed by atoms with E-state index in [4.69, 9.17) is 0 Å². The van der Waals surface area contributed by atoms with Crippen LogP contribution in [0.4, 0.5) is 10.1 Å². The second-order valence-electron chi connectivity index (χ2n) is 7.09. The molecular formula is C19H25FN4. The number of hydrogen-bond donors (Lipinski definition) is 1. The summed E-state index contributed by atoms with van der Waals surface area (Å²) in [6.07, 6.45) is 8.57. The minimum Gasteiger partial charge on any atom is -0.369 e. The number of imidazole rings is 1. The van der Waals surface area contributed by atoms with Crippen LogP contribution in [0.25, 0.3) is 0 Å². The van der Waals surface area contributed by atoms with Gasteiger partial charge in [0.25, 0.3) is 0 Å². The average molecular weight is 328 g/mol. The number of benzene rings is 1. The Balaban J connectivity index is 1.39. The van der Waals surface area contributed by atoms with E-state index in [2.05, 4.69) is 26.8 Å². The molecule has 2 aromatic rings. The molecule has 0 unspecified atom stereocenters. The molecule has 128 valence electrons. The van der Waals surface area contributed by atoms with Gasteiger partial charge in [0.2, 0.25) is 0 Å². The maximum atomic E-state index is 14.0. The highest BCUT2D eigenvalue weighted by Gasteiger charge is 2.36. The first kappa shape index (κ1) is 15.6. The van der Waals surface area contributed by atoms with Gasteiger partial charge in [-0.15, -0.1) is 0 Å². The highest BCUT2D eigenvalue weighted by molar-refractivity contribution is 5.47. The summed E-state index contributed by atoms with van der Waals surface area (Å²) < 4.78 is 16.1. The SMILES string of the molecule is Cn1ccnc1[C@@H](NC1CCN(c2ccccc2F)CC1)C1CC1. The third kappa shape index (κ3) is 3.18. The molecule has 1 N–H and O–H groups in total. The van der Waals surface area contributed by atoms with Crippen LogP contribution in [-0.4, -0.2) is 28.7 Å². The average Bonchev–Trinajstić information content (AvgIpc) is 3.35. The van der Waals surface area contributed by atoms with E-state index < -0.39 is 0 Å². The number of halogens is 1. The van der Waals surface area contributed by atoms with Gasteiger partial charge in [0.05, 0.1) is 11.7 Å². The second-order valence-corrected chi connectivity index (χ2v) is 7.09. The van der Waals surface area contributed by atoms with Crippen LogP contribution >= 0.6 is 0 Å². The quantitative estimate of drug-likeness (QED) is 0.914. The highest BCUT2D eigenvalue weighted by Crippen LogP contribution is 2.41. The van der Waals surface area contributed by atoms with Gasteiger partial charge in [0.15, 0.2) is 0 Å². The molecule has 2 heterocycles. The van der Waals surface area contributed by atoms with E-state index in [1.807, 2.05) is 24.5 Å². The van der Waals surface area contributed by atoms with Crippen LogP contribution < -0.4 is 10.2 Å².